The molecule has 0 aromatic carbocycles. The predicted octanol–water partition coefficient (Wildman–Crippen LogP) is -0.0559. The summed E-state index contributed by atoms with van der Waals surface area (Å²) in [4.78, 5) is 0. The fraction of sp³-hybridized carbons (Fsp3) is 0.333. The summed E-state index contributed by atoms with van der Waals surface area (Å²) in [5, 5.41) is 0. The van der Waals surface area contributed by atoms with Gasteiger partial charge < -0.3 is 4.52 Å². The van der Waals surface area contributed by atoms with Crippen LogP contribution in [-0.4, -0.2) is 55.5 Å². The average Bonchev–Trinajstić information content (AvgIpc) is 1.61. The molecule has 0 N–H and O–H groups in total. The molecule has 1 atom stereocenters. The van der Waals surface area contributed by atoms with E-state index in [9.17, 15) is 4.57 Å². The Morgan fingerprint density at radius 2 is 2.43 bits per heavy atom. The summed E-state index contributed by atoms with van der Waals surface area (Å²) in [5.41, 5.74) is 0. The maximum atomic E-state index is 9.50. The Hall–Kier alpha value is 1.50. The molecular weight excluding hydrogens is 236 g/mol. The molecule has 0 aliphatic rings. The molecule has 0 fully saturated rings. The van der Waals surface area contributed by atoms with Gasteiger partial charge in [-0.25, -0.2) is 0 Å². The van der Waals surface area contributed by atoms with Crippen LogP contribution >= 0.6 is 8.69 Å². The van der Waals surface area contributed by atoms with Crippen LogP contribution in [0.3, 0.4) is 0 Å². The average molecular weight is 245 g/mol. The van der Waals surface area contributed by atoms with Gasteiger partial charge in [-0.1, -0.05) is 6.08 Å². The molecule has 0 aromatic heterocycles. The van der Waals surface area contributed by atoms with Crippen molar-refractivity contribution in [3.63, 3.8) is 0 Å². The third-order valence-electron chi connectivity index (χ3n) is 0.282. The van der Waals surface area contributed by atoms with E-state index in [0.717, 1.165) is 0 Å². The van der Waals surface area contributed by atoms with Crippen LogP contribution in [0.1, 0.15) is 0 Å². The molecule has 4 heteroatoms. The second-order valence-corrected chi connectivity index (χ2v) is 1.24. The van der Waals surface area contributed by atoms with Gasteiger partial charge in [0, 0.05) is 0 Å². The molecule has 7 heavy (non-hydrogen) atoms. The van der Waals surface area contributed by atoms with E-state index < -0.39 is 8.69 Å². The molecule has 0 amide bonds. The molecule has 0 rings (SSSR count). The van der Waals surface area contributed by atoms with E-state index in [1.54, 1.807) is 6.08 Å². The number of hydrogen-bond acceptors (Lipinski definition) is 2. The van der Waals surface area contributed by atoms with Crippen molar-refractivity contribution in [2.24, 2.45) is 0 Å². The van der Waals surface area contributed by atoms with Gasteiger partial charge in [-0.15, -0.1) is 6.58 Å². The zero-order valence-corrected chi connectivity index (χ0v) is 4.54. The van der Waals surface area contributed by atoms with Gasteiger partial charge in [-0.3, -0.25) is 4.57 Å². The van der Waals surface area contributed by atoms with E-state index in [0.29, 0.717) is 6.61 Å². The summed E-state index contributed by atoms with van der Waals surface area (Å²) in [5.74, 6) is 0. The van der Waals surface area contributed by atoms with Gasteiger partial charge in [-0.05, 0) is 0 Å². The van der Waals surface area contributed by atoms with Gasteiger partial charge in [0.25, 0.3) is 0 Å². The Morgan fingerprint density at radius 3 is 2.57 bits per heavy atom. The van der Waals surface area contributed by atoms with Crippen LogP contribution in [0.5, 0.6) is 0 Å². The molecule has 0 spiro atoms. The number of rotatable bonds is 3. The van der Waals surface area contributed by atoms with E-state index in [1.807, 2.05) is 0 Å². The fourth-order valence-electron chi connectivity index (χ4n) is 0.107. The molecule has 1 unspecified atom stereocenters. The Morgan fingerprint density at radius 1 is 1.86 bits per heavy atom. The monoisotopic (exact) mass is 246 g/mol. The zero-order chi connectivity index (χ0) is 4.83. The third-order valence-corrected chi connectivity index (χ3v) is 0.611. The maximum absolute atomic E-state index is 9.50. The van der Waals surface area contributed by atoms with Crippen molar-refractivity contribution in [2.45, 2.75) is 0 Å². The Kier molecular flexibility index (Phi) is 16.9. The molecule has 40 valence electrons. The van der Waals surface area contributed by atoms with E-state index in [4.69, 9.17) is 0 Å². The standard InChI is InChI=1S/C3H7O2P.Ba.2H/c1-2-3-5-6-4;;;/h2H,1,3,6H2;;;. The molecule has 0 saturated carbocycles. The summed E-state index contributed by atoms with van der Waals surface area (Å²) in [7, 11) is -1.04. The molecule has 2 nitrogen and oxygen atoms in total. The van der Waals surface area contributed by atoms with Gasteiger partial charge in [0.1, 0.15) is 0 Å². The normalized spacial score (nSPS) is 8.57. The second kappa shape index (κ2) is 10.5. The predicted molar refractivity (Wildman–Crippen MR) is 35.1 cm³/mol. The first-order valence-electron chi connectivity index (χ1n) is 1.58. The van der Waals surface area contributed by atoms with Gasteiger partial charge >= 0.3 is 48.9 Å². The van der Waals surface area contributed by atoms with Crippen LogP contribution in [0.4, 0.5) is 0 Å². The summed E-state index contributed by atoms with van der Waals surface area (Å²) in [6, 6.07) is 0. The molecule has 0 heterocycles. The van der Waals surface area contributed by atoms with Crippen LogP contribution < -0.4 is 0 Å². The van der Waals surface area contributed by atoms with Gasteiger partial charge in [-0.2, -0.15) is 0 Å². The second-order valence-electron chi connectivity index (χ2n) is 0.718. The Balaban J connectivity index is 0. The fourth-order valence-corrected chi connectivity index (χ4v) is 0.322. The van der Waals surface area contributed by atoms with Gasteiger partial charge in [0.15, 0.2) is 8.69 Å². The van der Waals surface area contributed by atoms with E-state index >= 15 is 0 Å². The van der Waals surface area contributed by atoms with Crippen molar-refractivity contribution in [3.8, 4) is 0 Å². The van der Waals surface area contributed by atoms with E-state index in [2.05, 4.69) is 11.1 Å². The van der Waals surface area contributed by atoms with Gasteiger partial charge in [0.05, 0.1) is 6.61 Å². The van der Waals surface area contributed by atoms with E-state index in [1.165, 1.54) is 0 Å². The van der Waals surface area contributed by atoms with Crippen LogP contribution in [-0.2, 0) is 9.09 Å². The minimum absolute atomic E-state index is 0. The molecule has 0 radical (unpaired) electrons. The molecule has 0 aliphatic carbocycles. The minimum atomic E-state index is -1.04. The van der Waals surface area contributed by atoms with Crippen LogP contribution in [0, 0.1) is 0 Å². The Bertz CT molecular complexity index is 48.9. The summed E-state index contributed by atoms with van der Waals surface area (Å²) >= 11 is 0. The molecule has 0 bridgehead atoms. The first-order chi connectivity index (χ1) is 2.91. The Labute approximate surface area is 84.7 Å². The van der Waals surface area contributed by atoms with Crippen molar-refractivity contribution in [1.82, 2.24) is 0 Å². The molecule has 0 aliphatic heterocycles. The van der Waals surface area contributed by atoms with Crippen LogP contribution in [0.25, 0.3) is 0 Å². The van der Waals surface area contributed by atoms with Crippen molar-refractivity contribution in [3.05, 3.63) is 12.7 Å². The van der Waals surface area contributed by atoms with Crippen molar-refractivity contribution < 1.29 is 9.09 Å². The SMILES string of the molecule is C=CCO[PH2]=O.[BaH2]. The third kappa shape index (κ3) is 11.2. The van der Waals surface area contributed by atoms with Crippen LogP contribution in [0.15, 0.2) is 12.7 Å². The molecular formula is C3H9BaO2P. The first-order valence-corrected chi connectivity index (χ1v) is 2.52. The molecule has 0 saturated heterocycles. The summed E-state index contributed by atoms with van der Waals surface area (Å²) in [6.45, 7) is 3.75. The topological polar surface area (TPSA) is 26.3 Å². The zero-order valence-electron chi connectivity index (χ0n) is 3.39. The van der Waals surface area contributed by atoms with Crippen LogP contribution in [0.2, 0.25) is 0 Å². The van der Waals surface area contributed by atoms with Crippen molar-refractivity contribution in [1.29, 1.82) is 0 Å². The van der Waals surface area contributed by atoms with E-state index in [-0.39, 0.29) is 48.9 Å². The first kappa shape index (κ1) is 11.3. The van der Waals surface area contributed by atoms with Crippen molar-refractivity contribution >= 4 is 57.6 Å². The number of hydrogen-bond donors (Lipinski definition) is 0. The van der Waals surface area contributed by atoms with Gasteiger partial charge in [0.2, 0.25) is 0 Å². The summed E-state index contributed by atoms with van der Waals surface area (Å²) < 4.78 is 13.9. The quantitative estimate of drug-likeness (QED) is 0.301. The summed E-state index contributed by atoms with van der Waals surface area (Å²) in [6.07, 6.45) is 1.56. The molecule has 0 aromatic rings. The van der Waals surface area contributed by atoms with Crippen molar-refractivity contribution in [2.75, 3.05) is 6.61 Å².